The second-order valence-electron chi connectivity index (χ2n) is 5.55. The Kier molecular flexibility index (Phi) is 6.05. The van der Waals surface area contributed by atoms with Gasteiger partial charge < -0.3 is 5.11 Å². The lowest BCUT2D eigenvalue weighted by Gasteiger charge is -2.36. The molecule has 1 aromatic carbocycles. The lowest BCUT2D eigenvalue weighted by molar-refractivity contribution is -0.138. The number of carboxylic acid groups (broad SMARTS) is 1. The molecule has 0 unspecified atom stereocenters. The highest BCUT2D eigenvalue weighted by molar-refractivity contribution is 9.10. The van der Waals surface area contributed by atoms with Gasteiger partial charge in [-0.25, -0.2) is 0 Å². The van der Waals surface area contributed by atoms with Crippen LogP contribution in [0.25, 0.3) is 0 Å². The van der Waals surface area contributed by atoms with Crippen molar-refractivity contribution in [3.05, 3.63) is 33.3 Å². The standard InChI is InChI=1S/C15H20BrClN2O2/c1-18(10-15(20)21)13-4-6-19(7-5-13)9-11-8-12(17)2-3-14(11)16/h2-3,8,13H,4-7,9-10H2,1H3,(H,20,21). The number of likely N-dealkylation sites (tertiary alicyclic amines) is 1. The quantitative estimate of drug-likeness (QED) is 0.859. The molecule has 116 valence electrons. The van der Waals surface area contributed by atoms with E-state index in [0.29, 0.717) is 6.04 Å². The van der Waals surface area contributed by atoms with Crippen molar-refractivity contribution in [1.29, 1.82) is 0 Å². The zero-order valence-corrected chi connectivity index (χ0v) is 14.4. The van der Waals surface area contributed by atoms with Crippen LogP contribution in [0.3, 0.4) is 0 Å². The third kappa shape index (κ3) is 4.95. The van der Waals surface area contributed by atoms with Gasteiger partial charge in [-0.2, -0.15) is 0 Å². The van der Waals surface area contributed by atoms with E-state index in [1.54, 1.807) is 0 Å². The summed E-state index contributed by atoms with van der Waals surface area (Å²) < 4.78 is 1.08. The Morgan fingerprint density at radius 2 is 2.14 bits per heavy atom. The largest absolute Gasteiger partial charge is 0.480 e. The molecule has 1 saturated heterocycles. The molecular formula is C15H20BrClN2O2. The van der Waals surface area contributed by atoms with E-state index in [4.69, 9.17) is 16.7 Å². The smallest absolute Gasteiger partial charge is 0.317 e. The zero-order chi connectivity index (χ0) is 15.4. The van der Waals surface area contributed by atoms with Crippen LogP contribution < -0.4 is 0 Å². The van der Waals surface area contributed by atoms with Crippen molar-refractivity contribution in [3.8, 4) is 0 Å². The number of likely N-dealkylation sites (N-methyl/N-ethyl adjacent to an activating group) is 1. The van der Waals surface area contributed by atoms with Gasteiger partial charge in [-0.3, -0.25) is 14.6 Å². The van der Waals surface area contributed by atoms with Crippen LogP contribution in [0.4, 0.5) is 0 Å². The minimum Gasteiger partial charge on any atom is -0.480 e. The Hall–Kier alpha value is -0.620. The molecule has 0 atom stereocenters. The van der Waals surface area contributed by atoms with E-state index in [1.165, 1.54) is 5.56 Å². The topological polar surface area (TPSA) is 43.8 Å². The Morgan fingerprint density at radius 1 is 1.48 bits per heavy atom. The molecule has 1 aromatic rings. The SMILES string of the molecule is CN(CC(=O)O)C1CCN(Cc2cc(Cl)ccc2Br)CC1. The van der Waals surface area contributed by atoms with Gasteiger partial charge in [0.2, 0.25) is 0 Å². The molecule has 0 spiro atoms. The number of aliphatic carboxylic acids is 1. The highest BCUT2D eigenvalue weighted by atomic mass is 79.9. The van der Waals surface area contributed by atoms with Gasteiger partial charge in [0, 0.05) is 22.1 Å². The second-order valence-corrected chi connectivity index (χ2v) is 6.84. The molecule has 0 aromatic heterocycles. The molecule has 1 N–H and O–H groups in total. The summed E-state index contributed by atoms with van der Waals surface area (Å²) in [6, 6.07) is 6.21. The summed E-state index contributed by atoms with van der Waals surface area (Å²) in [5, 5.41) is 9.60. The van der Waals surface area contributed by atoms with Gasteiger partial charge in [-0.1, -0.05) is 27.5 Å². The van der Waals surface area contributed by atoms with Crippen LogP contribution >= 0.6 is 27.5 Å². The Bertz CT molecular complexity index is 504. The molecule has 4 nitrogen and oxygen atoms in total. The van der Waals surface area contributed by atoms with Gasteiger partial charge in [-0.15, -0.1) is 0 Å². The highest BCUT2D eigenvalue weighted by Crippen LogP contribution is 2.24. The molecule has 0 radical (unpaired) electrons. The maximum atomic E-state index is 10.8. The van der Waals surface area contributed by atoms with Crippen LogP contribution in [0.1, 0.15) is 18.4 Å². The summed E-state index contributed by atoms with van der Waals surface area (Å²) in [6.45, 7) is 2.95. The molecule has 21 heavy (non-hydrogen) atoms. The molecular weight excluding hydrogens is 356 g/mol. The summed E-state index contributed by atoms with van der Waals surface area (Å²) in [5.41, 5.74) is 1.19. The van der Waals surface area contributed by atoms with Crippen molar-refractivity contribution in [2.75, 3.05) is 26.7 Å². The molecule has 2 rings (SSSR count). The summed E-state index contributed by atoms with van der Waals surface area (Å²) in [6.07, 6.45) is 2.00. The molecule has 1 heterocycles. The molecule has 1 aliphatic rings. The van der Waals surface area contributed by atoms with E-state index in [-0.39, 0.29) is 6.54 Å². The van der Waals surface area contributed by atoms with Gasteiger partial charge in [0.25, 0.3) is 0 Å². The van der Waals surface area contributed by atoms with Gasteiger partial charge in [-0.05, 0) is 56.7 Å². The van der Waals surface area contributed by atoms with E-state index in [1.807, 2.05) is 30.1 Å². The number of nitrogens with zero attached hydrogens (tertiary/aromatic N) is 2. The lowest BCUT2D eigenvalue weighted by Crippen LogP contribution is -2.44. The van der Waals surface area contributed by atoms with Gasteiger partial charge in [0.15, 0.2) is 0 Å². The van der Waals surface area contributed by atoms with Crippen molar-refractivity contribution in [2.45, 2.75) is 25.4 Å². The minimum atomic E-state index is -0.761. The number of halogens is 2. The normalized spacial score (nSPS) is 17.3. The predicted octanol–water partition coefficient (Wildman–Crippen LogP) is 3.08. The Balaban J connectivity index is 1.86. The van der Waals surface area contributed by atoms with Crippen LogP contribution in [0, 0.1) is 0 Å². The van der Waals surface area contributed by atoms with Gasteiger partial charge in [0.05, 0.1) is 6.54 Å². The molecule has 1 aliphatic heterocycles. The molecule has 1 fully saturated rings. The number of rotatable bonds is 5. The third-order valence-corrected chi connectivity index (χ3v) is 4.98. The van der Waals surface area contributed by atoms with Crippen LogP contribution in [0.2, 0.25) is 5.02 Å². The summed E-state index contributed by atoms with van der Waals surface area (Å²) in [5.74, 6) is -0.761. The first-order valence-corrected chi connectivity index (χ1v) is 8.21. The molecule has 0 bridgehead atoms. The maximum Gasteiger partial charge on any atom is 0.317 e. The van der Waals surface area contributed by atoms with Crippen LogP contribution in [0.15, 0.2) is 22.7 Å². The van der Waals surface area contributed by atoms with Crippen molar-refractivity contribution in [3.63, 3.8) is 0 Å². The van der Waals surface area contributed by atoms with Crippen molar-refractivity contribution in [2.24, 2.45) is 0 Å². The molecule has 0 saturated carbocycles. The summed E-state index contributed by atoms with van der Waals surface area (Å²) in [4.78, 5) is 15.1. The van der Waals surface area contributed by atoms with Crippen LogP contribution in [-0.4, -0.2) is 53.6 Å². The maximum absolute atomic E-state index is 10.8. The predicted molar refractivity (Wildman–Crippen MR) is 87.7 cm³/mol. The fraction of sp³-hybridized carbons (Fsp3) is 0.533. The number of benzene rings is 1. The first-order valence-electron chi connectivity index (χ1n) is 7.04. The first-order chi connectivity index (χ1) is 9.95. The third-order valence-electron chi connectivity index (χ3n) is 3.97. The second kappa shape index (κ2) is 7.58. The average molecular weight is 376 g/mol. The fourth-order valence-electron chi connectivity index (χ4n) is 2.77. The van der Waals surface area contributed by atoms with Gasteiger partial charge >= 0.3 is 5.97 Å². The zero-order valence-electron chi connectivity index (χ0n) is 12.1. The van der Waals surface area contributed by atoms with Crippen LogP contribution in [-0.2, 0) is 11.3 Å². The number of hydrogen-bond acceptors (Lipinski definition) is 3. The van der Waals surface area contributed by atoms with Crippen molar-refractivity contribution >= 4 is 33.5 Å². The van der Waals surface area contributed by atoms with E-state index >= 15 is 0 Å². The van der Waals surface area contributed by atoms with Crippen molar-refractivity contribution < 1.29 is 9.90 Å². The van der Waals surface area contributed by atoms with E-state index in [0.717, 1.165) is 42.0 Å². The summed E-state index contributed by atoms with van der Waals surface area (Å²) >= 11 is 9.61. The molecule has 6 heteroatoms. The molecule has 0 aliphatic carbocycles. The number of carbonyl (C=O) groups is 1. The van der Waals surface area contributed by atoms with E-state index < -0.39 is 5.97 Å². The van der Waals surface area contributed by atoms with Gasteiger partial charge in [0.1, 0.15) is 0 Å². The van der Waals surface area contributed by atoms with Crippen molar-refractivity contribution in [1.82, 2.24) is 9.80 Å². The average Bonchev–Trinajstić information content (AvgIpc) is 2.43. The van der Waals surface area contributed by atoms with E-state index in [2.05, 4.69) is 20.8 Å². The number of piperidine rings is 1. The number of carboxylic acids is 1. The highest BCUT2D eigenvalue weighted by Gasteiger charge is 2.23. The Labute approximate surface area is 138 Å². The number of hydrogen-bond donors (Lipinski definition) is 1. The summed E-state index contributed by atoms with van der Waals surface area (Å²) in [7, 11) is 1.89. The molecule has 0 amide bonds. The fourth-order valence-corrected chi connectivity index (χ4v) is 3.33. The van der Waals surface area contributed by atoms with E-state index in [9.17, 15) is 4.79 Å². The first kappa shape index (κ1) is 16.7. The minimum absolute atomic E-state index is 0.116. The van der Waals surface area contributed by atoms with Crippen LogP contribution in [0.5, 0.6) is 0 Å². The Morgan fingerprint density at radius 3 is 2.76 bits per heavy atom. The lowest BCUT2D eigenvalue weighted by atomic mass is 10.0. The monoisotopic (exact) mass is 374 g/mol.